The summed E-state index contributed by atoms with van der Waals surface area (Å²) in [5.41, 5.74) is -3.98. The van der Waals surface area contributed by atoms with Crippen molar-refractivity contribution in [3.8, 4) is 0 Å². The summed E-state index contributed by atoms with van der Waals surface area (Å²) in [4.78, 5) is 65.5. The number of carbonyl (C=O) groups is 5. The van der Waals surface area contributed by atoms with Crippen LogP contribution < -0.4 is 0 Å². The smallest absolute Gasteiger partial charge is 0.426 e. The molecule has 1 aliphatic heterocycles. The molecular formula is C19H15NO10. The molecular weight excluding hydrogens is 402 g/mol. The van der Waals surface area contributed by atoms with Crippen LogP contribution in [-0.4, -0.2) is 51.6 Å². The molecule has 0 amide bonds. The quantitative estimate of drug-likeness (QED) is 0.275. The molecule has 2 aliphatic carbocycles. The Morgan fingerprint density at radius 2 is 1.33 bits per heavy atom. The maximum Gasteiger partial charge on any atom is 0.426 e. The number of hydrogen-bond donors (Lipinski definition) is 2. The number of hydrogen-bond acceptors (Lipinski definition) is 9. The fourth-order valence-corrected chi connectivity index (χ4v) is 3.06. The summed E-state index contributed by atoms with van der Waals surface area (Å²) in [5, 5.41) is 22.2. The minimum atomic E-state index is -2.86. The van der Waals surface area contributed by atoms with Crippen LogP contribution in [0.25, 0.3) is 0 Å². The molecule has 2 N–H and O–H groups in total. The van der Waals surface area contributed by atoms with Crippen LogP contribution in [0.5, 0.6) is 0 Å². The summed E-state index contributed by atoms with van der Waals surface area (Å²) in [6.45, 7) is 0. The second kappa shape index (κ2) is 6.37. The zero-order valence-corrected chi connectivity index (χ0v) is 15.3. The molecule has 11 heteroatoms. The molecule has 0 atom stereocenters. The average molecular weight is 417 g/mol. The molecule has 0 unspecified atom stereocenters. The van der Waals surface area contributed by atoms with Crippen molar-refractivity contribution in [2.24, 2.45) is 16.0 Å². The second-order valence-electron chi connectivity index (χ2n) is 7.35. The molecule has 156 valence electrons. The van der Waals surface area contributed by atoms with Gasteiger partial charge in [-0.2, -0.15) is 0 Å². The van der Waals surface area contributed by atoms with Crippen molar-refractivity contribution in [2.45, 2.75) is 31.5 Å². The Balaban J connectivity index is 1.75. The number of carboxylic acid groups (broad SMARTS) is 2. The predicted molar refractivity (Wildman–Crippen MR) is 92.6 cm³/mol. The molecule has 3 aliphatic rings. The molecule has 1 aromatic rings. The van der Waals surface area contributed by atoms with E-state index in [2.05, 4.69) is 9.99 Å². The zero-order chi connectivity index (χ0) is 21.7. The van der Waals surface area contributed by atoms with Crippen LogP contribution in [0, 0.1) is 10.8 Å². The molecule has 1 heterocycles. The molecule has 1 aromatic carbocycles. The Labute approximate surface area is 168 Å². The van der Waals surface area contributed by atoms with Gasteiger partial charge in [0.1, 0.15) is 0 Å². The largest absolute Gasteiger partial charge is 0.480 e. The average Bonchev–Trinajstić information content (AvgIpc) is 3.61. The Hall–Kier alpha value is -3.76. The third kappa shape index (κ3) is 2.73. The van der Waals surface area contributed by atoms with Gasteiger partial charge in [-0.15, -0.1) is 0 Å². The van der Waals surface area contributed by atoms with Gasteiger partial charge in [0.05, 0.1) is 0 Å². The van der Waals surface area contributed by atoms with Crippen LogP contribution in [0.4, 0.5) is 0 Å². The lowest BCUT2D eigenvalue weighted by Gasteiger charge is -2.28. The SMILES string of the molecule is O=C(O)C1(C(=O)OC2(OC(=O)C3(C(=O)O)CC3)C(=O)ON=C2c2ccccc2)CC1. The first-order chi connectivity index (χ1) is 14.2. The summed E-state index contributed by atoms with van der Waals surface area (Å²) >= 11 is 0. The second-order valence-corrected chi connectivity index (χ2v) is 7.35. The van der Waals surface area contributed by atoms with Crippen LogP contribution in [0.2, 0.25) is 0 Å². The van der Waals surface area contributed by atoms with Crippen molar-refractivity contribution in [2.75, 3.05) is 0 Å². The molecule has 30 heavy (non-hydrogen) atoms. The van der Waals surface area contributed by atoms with E-state index in [0.29, 0.717) is 0 Å². The first-order valence-corrected chi connectivity index (χ1v) is 8.97. The Morgan fingerprint density at radius 3 is 1.73 bits per heavy atom. The molecule has 0 aromatic heterocycles. The fourth-order valence-electron chi connectivity index (χ4n) is 3.06. The molecule has 4 rings (SSSR count). The van der Waals surface area contributed by atoms with E-state index < -0.39 is 52.2 Å². The number of oxime groups is 1. The first-order valence-electron chi connectivity index (χ1n) is 8.97. The standard InChI is InChI=1S/C19H15NO10/c21-12(22)17(6-7-17)14(25)28-19(29-15(26)18(8-9-18)13(23)24)11(20-30-16(19)27)10-4-2-1-3-5-10/h1-5H,6-9H2,(H,21,22)(H,23,24). The third-order valence-corrected chi connectivity index (χ3v) is 5.42. The van der Waals surface area contributed by atoms with Gasteiger partial charge in [0.15, 0.2) is 16.5 Å². The van der Waals surface area contributed by atoms with Crippen LogP contribution in [0.15, 0.2) is 35.5 Å². The van der Waals surface area contributed by atoms with Gasteiger partial charge in [0.2, 0.25) is 0 Å². The van der Waals surface area contributed by atoms with Crippen molar-refractivity contribution in [3.63, 3.8) is 0 Å². The monoisotopic (exact) mass is 417 g/mol. The van der Waals surface area contributed by atoms with Crippen LogP contribution >= 0.6 is 0 Å². The van der Waals surface area contributed by atoms with E-state index >= 15 is 0 Å². The lowest BCUT2D eigenvalue weighted by molar-refractivity contribution is -0.220. The van der Waals surface area contributed by atoms with Crippen molar-refractivity contribution < 1.29 is 48.5 Å². The first kappa shape index (κ1) is 19.6. The minimum absolute atomic E-state index is 0.0306. The number of rotatable bonds is 7. The Kier molecular flexibility index (Phi) is 4.15. The molecule has 0 saturated heterocycles. The molecule has 11 nitrogen and oxygen atoms in total. The number of aliphatic carboxylic acids is 2. The minimum Gasteiger partial charge on any atom is -0.480 e. The zero-order valence-electron chi connectivity index (χ0n) is 15.3. The number of benzene rings is 1. The van der Waals surface area contributed by atoms with Crippen molar-refractivity contribution >= 4 is 35.6 Å². The van der Waals surface area contributed by atoms with Crippen molar-refractivity contribution in [1.82, 2.24) is 0 Å². The number of carboxylic acids is 2. The number of nitrogens with zero attached hydrogens (tertiary/aromatic N) is 1. The van der Waals surface area contributed by atoms with Gasteiger partial charge in [0.25, 0.3) is 0 Å². The fraction of sp³-hybridized carbons (Fsp3) is 0.368. The maximum atomic E-state index is 12.7. The highest BCUT2D eigenvalue weighted by Gasteiger charge is 2.68. The molecule has 2 saturated carbocycles. The number of carbonyl (C=O) groups excluding carboxylic acids is 3. The number of esters is 2. The van der Waals surface area contributed by atoms with E-state index in [-0.39, 0.29) is 31.2 Å². The Morgan fingerprint density at radius 1 is 0.867 bits per heavy atom. The van der Waals surface area contributed by atoms with Gasteiger partial charge in [-0.05, 0) is 25.7 Å². The molecule has 0 spiro atoms. The van der Waals surface area contributed by atoms with Crippen molar-refractivity contribution in [3.05, 3.63) is 35.9 Å². The topological polar surface area (TPSA) is 166 Å². The van der Waals surface area contributed by atoms with Gasteiger partial charge in [-0.25, -0.2) is 4.79 Å². The van der Waals surface area contributed by atoms with E-state index in [1.165, 1.54) is 12.1 Å². The van der Waals surface area contributed by atoms with Crippen LogP contribution in [0.3, 0.4) is 0 Å². The molecule has 2 fully saturated rings. The highest BCUT2D eigenvalue weighted by molar-refractivity contribution is 6.22. The normalized spacial score (nSPS) is 21.6. The van der Waals surface area contributed by atoms with E-state index in [1.807, 2.05) is 0 Å². The lowest BCUT2D eigenvalue weighted by Crippen LogP contribution is -2.54. The van der Waals surface area contributed by atoms with Gasteiger partial charge in [-0.1, -0.05) is 35.5 Å². The van der Waals surface area contributed by atoms with Gasteiger partial charge >= 0.3 is 35.6 Å². The van der Waals surface area contributed by atoms with Gasteiger partial charge < -0.3 is 24.5 Å². The molecule has 0 bridgehead atoms. The molecule has 0 radical (unpaired) electrons. The van der Waals surface area contributed by atoms with Crippen molar-refractivity contribution in [1.29, 1.82) is 0 Å². The van der Waals surface area contributed by atoms with E-state index in [0.717, 1.165) is 0 Å². The highest BCUT2D eigenvalue weighted by atomic mass is 16.8. The predicted octanol–water partition coefficient (Wildman–Crippen LogP) is 0.460. The summed E-state index contributed by atoms with van der Waals surface area (Å²) < 4.78 is 10.4. The van der Waals surface area contributed by atoms with E-state index in [4.69, 9.17) is 9.47 Å². The van der Waals surface area contributed by atoms with E-state index in [1.54, 1.807) is 18.2 Å². The summed E-state index contributed by atoms with van der Waals surface area (Å²) in [6.07, 6.45) is -0.123. The number of ether oxygens (including phenoxy) is 2. The van der Waals surface area contributed by atoms with Gasteiger partial charge in [0, 0.05) is 5.56 Å². The summed E-state index contributed by atoms with van der Waals surface area (Å²) in [5.74, 6) is -9.79. The van der Waals surface area contributed by atoms with Crippen LogP contribution in [0.1, 0.15) is 31.2 Å². The highest BCUT2D eigenvalue weighted by Crippen LogP contribution is 2.50. The third-order valence-electron chi connectivity index (χ3n) is 5.42. The van der Waals surface area contributed by atoms with Crippen LogP contribution in [-0.2, 0) is 38.3 Å². The van der Waals surface area contributed by atoms with Gasteiger partial charge in [-0.3, -0.25) is 19.2 Å². The Bertz CT molecular complexity index is 959. The summed E-state index contributed by atoms with van der Waals surface area (Å²) in [6, 6.07) is 7.70. The maximum absolute atomic E-state index is 12.7. The summed E-state index contributed by atoms with van der Waals surface area (Å²) in [7, 11) is 0. The lowest BCUT2D eigenvalue weighted by atomic mass is 10.0. The van der Waals surface area contributed by atoms with E-state index in [9.17, 15) is 34.2 Å².